The van der Waals surface area contributed by atoms with Gasteiger partial charge in [-0.25, -0.2) is 14.2 Å². The molecule has 2 nitrogen and oxygen atoms in total. The average Bonchev–Trinajstić information content (AvgIpc) is 2.41. The van der Waals surface area contributed by atoms with Crippen LogP contribution in [0.15, 0.2) is 28.3 Å². The van der Waals surface area contributed by atoms with Crippen LogP contribution in [0.5, 0.6) is 0 Å². The number of hydrogen-bond donors (Lipinski definition) is 2. The van der Waals surface area contributed by atoms with E-state index in [0.717, 1.165) is 30.9 Å². The molecule has 110 valence electrons. The van der Waals surface area contributed by atoms with Gasteiger partial charge in [0.05, 0.1) is 10.5 Å². The molecule has 0 heterocycles. The number of halogens is 3. The van der Waals surface area contributed by atoms with Crippen LogP contribution in [0.3, 0.4) is 0 Å². The van der Waals surface area contributed by atoms with Gasteiger partial charge in [-0.05, 0) is 53.2 Å². The Morgan fingerprint density at radius 1 is 1.15 bits per heavy atom. The summed E-state index contributed by atoms with van der Waals surface area (Å²) in [5.74, 6) is 3.93. The minimum Gasteiger partial charge on any atom is -0.271 e. The van der Waals surface area contributed by atoms with Crippen LogP contribution in [0.25, 0.3) is 0 Å². The van der Waals surface area contributed by atoms with Crippen LogP contribution in [0.2, 0.25) is 0 Å². The Morgan fingerprint density at radius 3 is 2.65 bits per heavy atom. The molecule has 5 heteroatoms. The number of nitrogens with two attached hydrogens (primary N) is 1. The molecule has 0 radical (unpaired) electrons. The van der Waals surface area contributed by atoms with Gasteiger partial charge in [-0.1, -0.05) is 30.6 Å². The summed E-state index contributed by atoms with van der Waals surface area (Å²) < 4.78 is 27.0. The smallest absolute Gasteiger partial charge is 0.173 e. The molecule has 1 aliphatic carbocycles. The third-order valence-corrected chi connectivity index (χ3v) is 4.55. The minimum atomic E-state index is -0.866. The lowest BCUT2D eigenvalue weighted by Gasteiger charge is -2.23. The second-order valence-corrected chi connectivity index (χ2v) is 5.89. The van der Waals surface area contributed by atoms with Crippen LogP contribution < -0.4 is 11.3 Å². The molecule has 2 rings (SSSR count). The molecule has 0 bridgehead atoms. The Morgan fingerprint density at radius 2 is 1.90 bits per heavy atom. The largest absolute Gasteiger partial charge is 0.271 e. The van der Waals surface area contributed by atoms with Crippen molar-refractivity contribution < 1.29 is 8.78 Å². The number of allylic oxidation sites excluding steroid dienone is 1. The Hall–Kier alpha value is -0.780. The van der Waals surface area contributed by atoms with E-state index in [1.165, 1.54) is 19.3 Å². The summed E-state index contributed by atoms with van der Waals surface area (Å²) in [6.07, 6.45) is 8.84. The molecule has 0 fully saturated rings. The molecule has 1 unspecified atom stereocenters. The summed E-state index contributed by atoms with van der Waals surface area (Å²) in [4.78, 5) is 0. The highest BCUT2D eigenvalue weighted by atomic mass is 79.9. The number of benzene rings is 1. The van der Waals surface area contributed by atoms with E-state index in [9.17, 15) is 8.78 Å². The van der Waals surface area contributed by atoms with Crippen molar-refractivity contribution in [3.05, 3.63) is 45.5 Å². The molecule has 0 saturated carbocycles. The van der Waals surface area contributed by atoms with Gasteiger partial charge in [0.15, 0.2) is 11.6 Å². The maximum absolute atomic E-state index is 13.7. The van der Waals surface area contributed by atoms with Gasteiger partial charge in [0, 0.05) is 0 Å². The van der Waals surface area contributed by atoms with Crippen molar-refractivity contribution in [3.8, 4) is 0 Å². The molecule has 3 N–H and O–H groups in total. The van der Waals surface area contributed by atoms with Crippen LogP contribution in [0.1, 0.15) is 50.1 Å². The van der Waals surface area contributed by atoms with Crippen molar-refractivity contribution in [2.45, 2.75) is 44.6 Å². The topological polar surface area (TPSA) is 38.0 Å². The van der Waals surface area contributed by atoms with Gasteiger partial charge < -0.3 is 0 Å². The van der Waals surface area contributed by atoms with Crippen LogP contribution in [0.4, 0.5) is 8.78 Å². The van der Waals surface area contributed by atoms with Crippen LogP contribution in [-0.4, -0.2) is 0 Å². The van der Waals surface area contributed by atoms with Crippen molar-refractivity contribution in [2.24, 2.45) is 5.84 Å². The van der Waals surface area contributed by atoms with E-state index in [1.54, 1.807) is 6.07 Å². The molecule has 1 aliphatic rings. The maximum atomic E-state index is 13.7. The van der Waals surface area contributed by atoms with E-state index >= 15 is 0 Å². The van der Waals surface area contributed by atoms with E-state index in [4.69, 9.17) is 5.84 Å². The fraction of sp³-hybridized carbons (Fsp3) is 0.467. The quantitative estimate of drug-likeness (QED) is 0.366. The first-order valence-corrected chi connectivity index (χ1v) is 7.73. The molecular weight excluding hydrogens is 326 g/mol. The highest BCUT2D eigenvalue weighted by molar-refractivity contribution is 9.10. The Bertz CT molecular complexity index is 503. The molecule has 1 atom stereocenters. The number of hydrogen-bond acceptors (Lipinski definition) is 2. The fourth-order valence-corrected chi connectivity index (χ4v) is 3.19. The molecular formula is C15H19BrF2N2. The molecule has 0 saturated heterocycles. The summed E-state index contributed by atoms with van der Waals surface area (Å²) in [6.45, 7) is 0. The van der Waals surface area contributed by atoms with E-state index in [1.807, 2.05) is 0 Å². The van der Waals surface area contributed by atoms with Gasteiger partial charge >= 0.3 is 0 Å². The predicted molar refractivity (Wildman–Crippen MR) is 79.9 cm³/mol. The van der Waals surface area contributed by atoms with Crippen molar-refractivity contribution in [2.75, 3.05) is 0 Å². The van der Waals surface area contributed by atoms with E-state index < -0.39 is 11.6 Å². The van der Waals surface area contributed by atoms with Gasteiger partial charge in [0.25, 0.3) is 0 Å². The predicted octanol–water partition coefficient (Wildman–Crippen LogP) is 4.51. The first-order chi connectivity index (χ1) is 9.65. The summed E-state index contributed by atoms with van der Waals surface area (Å²) in [5, 5.41) is 0. The summed E-state index contributed by atoms with van der Waals surface area (Å²) >= 11 is 3.14. The number of rotatable bonds is 3. The molecule has 0 aliphatic heterocycles. The van der Waals surface area contributed by atoms with Crippen molar-refractivity contribution in [1.82, 2.24) is 5.43 Å². The van der Waals surface area contributed by atoms with Gasteiger partial charge in [-0.15, -0.1) is 0 Å². The molecule has 0 amide bonds. The van der Waals surface area contributed by atoms with Gasteiger partial charge in [-0.2, -0.15) is 0 Å². The molecule has 1 aromatic carbocycles. The first-order valence-electron chi connectivity index (χ1n) is 6.93. The van der Waals surface area contributed by atoms with Gasteiger partial charge in [0.2, 0.25) is 0 Å². The monoisotopic (exact) mass is 344 g/mol. The number of nitrogens with one attached hydrogen (secondary N) is 1. The van der Waals surface area contributed by atoms with E-state index in [0.29, 0.717) is 5.56 Å². The van der Waals surface area contributed by atoms with Gasteiger partial charge in [0.1, 0.15) is 0 Å². The lowest BCUT2D eigenvalue weighted by Crippen LogP contribution is -2.30. The van der Waals surface area contributed by atoms with Crippen molar-refractivity contribution in [3.63, 3.8) is 0 Å². The molecule has 1 aromatic rings. The molecule has 0 spiro atoms. The second-order valence-electron chi connectivity index (χ2n) is 5.10. The second kappa shape index (κ2) is 7.29. The van der Waals surface area contributed by atoms with E-state index in [2.05, 4.69) is 27.4 Å². The van der Waals surface area contributed by atoms with Gasteiger partial charge in [-0.3, -0.25) is 5.84 Å². The highest BCUT2D eigenvalue weighted by Gasteiger charge is 2.21. The van der Waals surface area contributed by atoms with Crippen LogP contribution in [-0.2, 0) is 0 Å². The lowest BCUT2D eigenvalue weighted by molar-refractivity contribution is 0.495. The maximum Gasteiger partial charge on any atom is 0.173 e. The Labute approximate surface area is 126 Å². The normalized spacial score (nSPS) is 20.7. The zero-order valence-electron chi connectivity index (χ0n) is 11.3. The van der Waals surface area contributed by atoms with Crippen LogP contribution in [0, 0.1) is 11.6 Å². The summed E-state index contributed by atoms with van der Waals surface area (Å²) in [5.41, 5.74) is 4.53. The third kappa shape index (κ3) is 3.45. The number of hydrazine groups is 1. The standard InChI is InChI=1S/C15H19BrF2N2/c16-13-11(8-9-12(17)14(13)18)15(20-19)10-6-4-2-1-3-5-7-10/h6,8-9,15,20H,1-5,7,19H2/b10-6+. The zero-order valence-corrected chi connectivity index (χ0v) is 12.8. The summed E-state index contributed by atoms with van der Waals surface area (Å²) in [6, 6.07) is 2.44. The Balaban J connectivity index is 2.34. The molecule has 0 aromatic heterocycles. The first kappa shape index (κ1) is 15.6. The Kier molecular flexibility index (Phi) is 5.69. The fourth-order valence-electron chi connectivity index (χ4n) is 2.64. The minimum absolute atomic E-state index is 0.142. The average molecular weight is 345 g/mol. The zero-order chi connectivity index (χ0) is 14.5. The summed E-state index contributed by atoms with van der Waals surface area (Å²) in [7, 11) is 0. The highest BCUT2D eigenvalue weighted by Crippen LogP contribution is 2.34. The van der Waals surface area contributed by atoms with E-state index in [-0.39, 0.29) is 10.5 Å². The lowest BCUT2D eigenvalue weighted by atomic mass is 9.91. The third-order valence-electron chi connectivity index (χ3n) is 3.74. The van der Waals surface area contributed by atoms with Crippen molar-refractivity contribution >= 4 is 15.9 Å². The molecule has 20 heavy (non-hydrogen) atoms. The van der Waals surface area contributed by atoms with Crippen LogP contribution >= 0.6 is 15.9 Å². The SMILES string of the molecule is NNC(/C1=C/CCCCCC1)c1ccc(F)c(F)c1Br. The van der Waals surface area contributed by atoms with Crippen molar-refractivity contribution in [1.29, 1.82) is 0 Å².